The van der Waals surface area contributed by atoms with Crippen molar-refractivity contribution in [2.24, 2.45) is 0 Å². The molecule has 0 aliphatic rings. The van der Waals surface area contributed by atoms with Crippen LogP contribution in [0.15, 0.2) is 52.9 Å². The minimum atomic E-state index is -0.0149. The molecule has 2 aromatic heterocycles. The number of benzene rings is 2. The fourth-order valence-corrected chi connectivity index (χ4v) is 3.41. The lowest BCUT2D eigenvalue weighted by molar-refractivity contribution is 0.411. The molecule has 4 heteroatoms. The van der Waals surface area contributed by atoms with Crippen molar-refractivity contribution in [1.29, 1.82) is 0 Å². The van der Waals surface area contributed by atoms with Crippen LogP contribution in [0.25, 0.3) is 21.3 Å². The minimum absolute atomic E-state index is 0.0149. The van der Waals surface area contributed by atoms with Crippen LogP contribution in [0.1, 0.15) is 52.4 Å². The normalized spacial score (nSPS) is 12.2. The van der Waals surface area contributed by atoms with E-state index in [0.29, 0.717) is 0 Å². The average Bonchev–Trinajstić information content (AvgIpc) is 3.19. The lowest BCUT2D eigenvalue weighted by Crippen LogP contribution is -2.10. The van der Waals surface area contributed by atoms with Crippen LogP contribution in [-0.4, -0.2) is 9.97 Å². The van der Waals surface area contributed by atoms with Gasteiger partial charge in [0.25, 0.3) is 0 Å². The first-order valence-corrected chi connectivity index (χ1v) is 9.68. The summed E-state index contributed by atoms with van der Waals surface area (Å²) in [4.78, 5) is 9.02. The molecule has 0 N–H and O–H groups in total. The molecule has 2 heterocycles. The number of hydrogen-bond acceptors (Lipinski definition) is 4. The highest BCUT2D eigenvalue weighted by molar-refractivity contribution is 7.18. The lowest BCUT2D eigenvalue weighted by atomic mass is 9.97. The van der Waals surface area contributed by atoms with E-state index in [4.69, 9.17) is 4.42 Å². The number of fused-ring (bicyclic) bond motifs is 2. The van der Waals surface area contributed by atoms with E-state index >= 15 is 0 Å². The molecule has 0 saturated heterocycles. The van der Waals surface area contributed by atoms with Crippen LogP contribution < -0.4 is 0 Å². The van der Waals surface area contributed by atoms with Crippen molar-refractivity contribution >= 4 is 32.7 Å². The third-order valence-electron chi connectivity index (χ3n) is 3.87. The van der Waals surface area contributed by atoms with Crippen LogP contribution in [-0.2, 0) is 10.8 Å². The van der Waals surface area contributed by atoms with Gasteiger partial charge >= 0.3 is 0 Å². The number of para-hydroxylation sites is 3. The summed E-state index contributed by atoms with van der Waals surface area (Å²) < 4.78 is 6.91. The number of nitrogens with zero attached hydrogens (tertiary/aromatic N) is 2. The first-order chi connectivity index (χ1) is 12.1. The van der Waals surface area contributed by atoms with Crippen LogP contribution >= 0.6 is 11.3 Å². The fraction of sp³-hybridized carbons (Fsp3) is 0.364. The van der Waals surface area contributed by atoms with Crippen molar-refractivity contribution in [3.63, 3.8) is 0 Å². The lowest BCUT2D eigenvalue weighted by Gasteiger charge is -2.13. The molecular weight excluding hydrogens is 340 g/mol. The minimum Gasteiger partial charge on any atom is -0.440 e. The summed E-state index contributed by atoms with van der Waals surface area (Å²) in [5, 5.41) is 1.22. The molecule has 0 radical (unpaired) electrons. The molecule has 0 aliphatic carbocycles. The van der Waals surface area contributed by atoms with E-state index in [0.717, 1.165) is 22.5 Å². The van der Waals surface area contributed by atoms with E-state index in [1.807, 2.05) is 30.3 Å². The highest BCUT2D eigenvalue weighted by Gasteiger charge is 2.20. The van der Waals surface area contributed by atoms with Crippen LogP contribution in [0.2, 0.25) is 0 Å². The van der Waals surface area contributed by atoms with Gasteiger partial charge in [-0.3, -0.25) is 0 Å². The zero-order valence-electron chi connectivity index (χ0n) is 16.3. The molecule has 0 amide bonds. The summed E-state index contributed by atoms with van der Waals surface area (Å²) >= 11 is 1.79. The molecule has 0 aliphatic heterocycles. The molecule has 0 fully saturated rings. The summed E-state index contributed by atoms with van der Waals surface area (Å²) in [7, 11) is 0. The third-order valence-corrected chi connectivity index (χ3v) is 5.33. The standard InChI is InChI=1S/C11H13NO.C11H13NS/c2*1-11(2,3)10-12-8-6-4-5-7-9(8)13-10/h2*4-7H,1-3H3. The van der Waals surface area contributed by atoms with Crippen molar-refractivity contribution in [3.8, 4) is 0 Å². The van der Waals surface area contributed by atoms with Crippen molar-refractivity contribution < 1.29 is 4.42 Å². The molecule has 0 spiro atoms. The number of oxazole rings is 1. The Bertz CT molecular complexity index is 866. The second kappa shape index (κ2) is 6.84. The Labute approximate surface area is 159 Å². The van der Waals surface area contributed by atoms with Crippen LogP contribution in [0.4, 0.5) is 0 Å². The fourth-order valence-electron chi connectivity index (χ4n) is 2.39. The maximum absolute atomic E-state index is 5.62. The first kappa shape index (κ1) is 18.6. The van der Waals surface area contributed by atoms with E-state index in [1.165, 1.54) is 9.71 Å². The van der Waals surface area contributed by atoms with Gasteiger partial charge in [-0.15, -0.1) is 11.3 Å². The van der Waals surface area contributed by atoms with Gasteiger partial charge in [0.05, 0.1) is 15.2 Å². The Morgan fingerprint density at radius 1 is 0.731 bits per heavy atom. The van der Waals surface area contributed by atoms with Crippen LogP contribution in [0.5, 0.6) is 0 Å². The predicted octanol–water partition coefficient (Wildman–Crippen LogP) is 6.72. The van der Waals surface area contributed by atoms with Gasteiger partial charge in [0, 0.05) is 10.8 Å². The van der Waals surface area contributed by atoms with Crippen molar-refractivity contribution in [2.75, 3.05) is 0 Å². The smallest absolute Gasteiger partial charge is 0.200 e. The molecule has 0 saturated carbocycles. The monoisotopic (exact) mass is 366 g/mol. The quantitative estimate of drug-likeness (QED) is 0.347. The maximum atomic E-state index is 5.62. The summed E-state index contributed by atoms with van der Waals surface area (Å²) in [6.45, 7) is 12.9. The van der Waals surface area contributed by atoms with E-state index in [9.17, 15) is 0 Å². The van der Waals surface area contributed by atoms with Gasteiger partial charge in [-0.25, -0.2) is 9.97 Å². The van der Waals surface area contributed by atoms with E-state index < -0.39 is 0 Å². The molecule has 0 unspecified atom stereocenters. The van der Waals surface area contributed by atoms with Gasteiger partial charge in [-0.1, -0.05) is 65.8 Å². The molecule has 4 aromatic rings. The highest BCUT2D eigenvalue weighted by Crippen LogP contribution is 2.30. The molecule has 26 heavy (non-hydrogen) atoms. The summed E-state index contributed by atoms with van der Waals surface area (Å²) in [5.74, 6) is 0.800. The van der Waals surface area contributed by atoms with E-state index in [-0.39, 0.29) is 10.8 Å². The van der Waals surface area contributed by atoms with E-state index in [1.54, 1.807) is 11.3 Å². The molecule has 0 atom stereocenters. The van der Waals surface area contributed by atoms with Gasteiger partial charge in [0.2, 0.25) is 5.89 Å². The molecular formula is C22H26N2OS. The average molecular weight is 367 g/mol. The van der Waals surface area contributed by atoms with Crippen molar-refractivity contribution in [1.82, 2.24) is 9.97 Å². The van der Waals surface area contributed by atoms with Crippen LogP contribution in [0, 0.1) is 0 Å². The summed E-state index contributed by atoms with van der Waals surface area (Å²) in [5.41, 5.74) is 3.08. The highest BCUT2D eigenvalue weighted by atomic mass is 32.1. The Balaban J connectivity index is 0.000000151. The largest absolute Gasteiger partial charge is 0.440 e. The predicted molar refractivity (Wildman–Crippen MR) is 111 cm³/mol. The SMILES string of the molecule is CC(C)(C)c1nc2ccccc2o1.CC(C)(C)c1nc2ccccc2s1. The van der Waals surface area contributed by atoms with Crippen LogP contribution in [0.3, 0.4) is 0 Å². The second-order valence-corrected chi connectivity index (χ2v) is 9.50. The van der Waals surface area contributed by atoms with Gasteiger partial charge in [-0.05, 0) is 24.3 Å². The number of rotatable bonds is 0. The van der Waals surface area contributed by atoms with Gasteiger partial charge in [0.1, 0.15) is 5.52 Å². The zero-order valence-corrected chi connectivity index (χ0v) is 17.1. The topological polar surface area (TPSA) is 38.9 Å². The Morgan fingerprint density at radius 3 is 1.92 bits per heavy atom. The first-order valence-electron chi connectivity index (χ1n) is 8.87. The van der Waals surface area contributed by atoms with Crippen molar-refractivity contribution in [3.05, 3.63) is 59.4 Å². The van der Waals surface area contributed by atoms with Gasteiger partial charge in [-0.2, -0.15) is 0 Å². The Hall–Kier alpha value is -2.20. The summed E-state index contributed by atoms with van der Waals surface area (Å²) in [6.07, 6.45) is 0. The van der Waals surface area contributed by atoms with Crippen molar-refractivity contribution in [2.45, 2.75) is 52.4 Å². The summed E-state index contributed by atoms with van der Waals surface area (Å²) in [6, 6.07) is 16.1. The maximum Gasteiger partial charge on any atom is 0.200 e. The molecule has 0 bridgehead atoms. The molecule has 4 rings (SSSR count). The van der Waals surface area contributed by atoms with Gasteiger partial charge in [0.15, 0.2) is 5.58 Å². The van der Waals surface area contributed by atoms with E-state index in [2.05, 4.69) is 69.7 Å². The Morgan fingerprint density at radius 2 is 1.35 bits per heavy atom. The second-order valence-electron chi connectivity index (χ2n) is 8.47. The number of aromatic nitrogens is 2. The third kappa shape index (κ3) is 4.13. The molecule has 3 nitrogen and oxygen atoms in total. The number of thiazole rings is 1. The Kier molecular flexibility index (Phi) is 4.89. The molecule has 2 aromatic carbocycles. The zero-order chi connectivity index (χ0) is 18.9. The van der Waals surface area contributed by atoms with Gasteiger partial charge < -0.3 is 4.42 Å². The molecule has 136 valence electrons. The number of hydrogen-bond donors (Lipinski definition) is 0.